The van der Waals surface area contributed by atoms with Crippen LogP contribution in [0.3, 0.4) is 0 Å². The Kier molecular flexibility index (Phi) is 7.27. The lowest BCUT2D eigenvalue weighted by Crippen LogP contribution is -2.07. The first-order valence-electron chi connectivity index (χ1n) is 4.29. The Morgan fingerprint density at radius 1 is 1.38 bits per heavy atom. The fourth-order valence-corrected chi connectivity index (χ4v) is 0.839. The van der Waals surface area contributed by atoms with Crippen LogP contribution >= 0.6 is 0 Å². The summed E-state index contributed by atoms with van der Waals surface area (Å²) < 4.78 is 30.4. The summed E-state index contributed by atoms with van der Waals surface area (Å²) in [5, 5.41) is 0. The number of benzene rings is 1. The minimum absolute atomic E-state index is 0.590. The van der Waals surface area contributed by atoms with E-state index in [1.807, 2.05) is 4.72 Å². The van der Waals surface area contributed by atoms with E-state index in [0.717, 1.165) is 5.75 Å². The van der Waals surface area contributed by atoms with Gasteiger partial charge in [0, 0.05) is 17.3 Å². The predicted molar refractivity (Wildman–Crippen MR) is 61.9 cm³/mol. The molecule has 0 aromatic heterocycles. The van der Waals surface area contributed by atoms with E-state index in [1.54, 1.807) is 32.4 Å². The molecular formula is C9H15N2O4S-. The number of nitrogens with one attached hydrogen (secondary N) is 1. The molecule has 16 heavy (non-hydrogen) atoms. The summed E-state index contributed by atoms with van der Waals surface area (Å²) in [7, 11) is 4.52. The fourth-order valence-electron chi connectivity index (χ4n) is 0.839. The Balaban J connectivity index is 0.000000385. The fraction of sp³-hybridized carbons (Fsp3) is 0.333. The van der Waals surface area contributed by atoms with Gasteiger partial charge in [-0.05, 0) is 19.2 Å². The van der Waals surface area contributed by atoms with E-state index in [-0.39, 0.29) is 0 Å². The highest BCUT2D eigenvalue weighted by molar-refractivity contribution is 7.77. The van der Waals surface area contributed by atoms with Crippen molar-refractivity contribution in [3.8, 4) is 11.5 Å². The third-order valence-corrected chi connectivity index (χ3v) is 1.94. The van der Waals surface area contributed by atoms with Gasteiger partial charge >= 0.3 is 0 Å². The number of methoxy groups -OCH3 is 2. The molecule has 1 rings (SSSR count). The summed E-state index contributed by atoms with van der Waals surface area (Å²) in [5.74, 6) is 1.41. The number of anilines is 1. The van der Waals surface area contributed by atoms with Crippen molar-refractivity contribution in [1.82, 2.24) is 4.72 Å². The zero-order valence-corrected chi connectivity index (χ0v) is 10.2. The summed E-state index contributed by atoms with van der Waals surface area (Å²) in [5.41, 5.74) is 6.19. The number of hydrogen-bond donors (Lipinski definition) is 2. The molecule has 6 nitrogen and oxygen atoms in total. The molecule has 0 aliphatic carbocycles. The summed E-state index contributed by atoms with van der Waals surface area (Å²) in [4.78, 5) is 0. The molecule has 0 spiro atoms. The zero-order valence-electron chi connectivity index (χ0n) is 9.35. The topological polar surface area (TPSA) is 96.6 Å². The minimum Gasteiger partial charge on any atom is -0.760 e. The van der Waals surface area contributed by atoms with Crippen molar-refractivity contribution in [3.63, 3.8) is 0 Å². The molecule has 0 aliphatic rings. The maximum atomic E-state index is 9.26. The molecule has 92 valence electrons. The van der Waals surface area contributed by atoms with Crippen LogP contribution in [-0.2, 0) is 11.3 Å². The van der Waals surface area contributed by atoms with Gasteiger partial charge < -0.3 is 19.8 Å². The molecule has 7 heteroatoms. The number of nitrogens with two attached hydrogens (primary N) is 1. The monoisotopic (exact) mass is 247 g/mol. The van der Waals surface area contributed by atoms with Gasteiger partial charge in [0.05, 0.1) is 19.9 Å². The maximum absolute atomic E-state index is 9.26. The lowest BCUT2D eigenvalue weighted by atomic mass is 10.3. The normalized spacial score (nSPS) is 11.0. The molecule has 0 heterocycles. The first-order chi connectivity index (χ1) is 7.54. The van der Waals surface area contributed by atoms with Gasteiger partial charge in [0.2, 0.25) is 0 Å². The largest absolute Gasteiger partial charge is 0.760 e. The van der Waals surface area contributed by atoms with E-state index >= 15 is 0 Å². The van der Waals surface area contributed by atoms with Gasteiger partial charge in [-0.1, -0.05) is 0 Å². The third kappa shape index (κ3) is 5.54. The van der Waals surface area contributed by atoms with Gasteiger partial charge in [-0.15, -0.1) is 0 Å². The van der Waals surface area contributed by atoms with E-state index < -0.39 is 11.3 Å². The van der Waals surface area contributed by atoms with Crippen molar-refractivity contribution in [3.05, 3.63) is 18.2 Å². The molecule has 0 fully saturated rings. The Hall–Kier alpha value is -1.31. The Labute approximate surface area is 97.2 Å². The van der Waals surface area contributed by atoms with E-state index in [4.69, 9.17) is 15.2 Å². The van der Waals surface area contributed by atoms with Crippen LogP contribution in [0.25, 0.3) is 0 Å². The van der Waals surface area contributed by atoms with E-state index in [1.165, 1.54) is 7.05 Å². The highest BCUT2D eigenvalue weighted by Gasteiger charge is 1.98. The highest BCUT2D eigenvalue weighted by Crippen LogP contribution is 2.25. The quantitative estimate of drug-likeness (QED) is 0.591. The van der Waals surface area contributed by atoms with Crippen LogP contribution in [-0.4, -0.2) is 30.0 Å². The second-order valence-electron chi connectivity index (χ2n) is 2.55. The summed E-state index contributed by atoms with van der Waals surface area (Å²) >= 11 is -2.07. The van der Waals surface area contributed by atoms with Gasteiger partial charge in [0.1, 0.15) is 11.5 Å². The zero-order chi connectivity index (χ0) is 12.6. The first-order valence-corrected chi connectivity index (χ1v) is 5.36. The van der Waals surface area contributed by atoms with Crippen LogP contribution in [0.5, 0.6) is 11.5 Å². The van der Waals surface area contributed by atoms with Crippen LogP contribution in [0.2, 0.25) is 0 Å². The SMILES string of the molecule is CNS(=O)[O-].COc1ccc(OC)c(N)c1. The van der Waals surface area contributed by atoms with Crippen LogP contribution in [0.15, 0.2) is 18.2 Å². The smallest absolute Gasteiger partial charge is 0.142 e. The summed E-state index contributed by atoms with van der Waals surface area (Å²) in [6.07, 6.45) is 0. The standard InChI is InChI=1S/C8H11NO2.CH5NO2S/c1-10-6-3-4-8(11-2)7(9)5-6;1-2-5(3)4/h3-5H,9H2,1-2H3;2H,1H3,(H,3,4)/p-1. The average Bonchev–Trinajstić information content (AvgIpc) is 2.29. The van der Waals surface area contributed by atoms with Gasteiger partial charge in [-0.25, -0.2) is 0 Å². The Morgan fingerprint density at radius 2 is 1.94 bits per heavy atom. The van der Waals surface area contributed by atoms with E-state index in [2.05, 4.69) is 0 Å². The van der Waals surface area contributed by atoms with E-state index in [9.17, 15) is 8.76 Å². The molecule has 1 aromatic rings. The Morgan fingerprint density at radius 3 is 2.25 bits per heavy atom. The lowest BCUT2D eigenvalue weighted by molar-refractivity contribution is 0.405. The molecule has 0 saturated carbocycles. The van der Waals surface area contributed by atoms with Crippen molar-refractivity contribution >= 4 is 17.0 Å². The maximum Gasteiger partial charge on any atom is 0.142 e. The van der Waals surface area contributed by atoms with Crippen molar-refractivity contribution in [2.24, 2.45) is 0 Å². The second-order valence-corrected chi connectivity index (χ2v) is 3.42. The van der Waals surface area contributed by atoms with Crippen LogP contribution in [0, 0.1) is 0 Å². The highest BCUT2D eigenvalue weighted by atomic mass is 32.2. The van der Waals surface area contributed by atoms with Gasteiger partial charge in [-0.3, -0.25) is 8.93 Å². The molecule has 0 amide bonds. The number of rotatable bonds is 3. The molecule has 3 N–H and O–H groups in total. The molecule has 1 aromatic carbocycles. The third-order valence-electron chi connectivity index (χ3n) is 1.60. The van der Waals surface area contributed by atoms with Crippen molar-refractivity contribution in [1.29, 1.82) is 0 Å². The predicted octanol–water partition coefficient (Wildman–Crippen LogP) is 0.286. The van der Waals surface area contributed by atoms with Crippen LogP contribution in [0.4, 0.5) is 5.69 Å². The van der Waals surface area contributed by atoms with Gasteiger partial charge in [0.25, 0.3) is 0 Å². The van der Waals surface area contributed by atoms with Crippen molar-refractivity contribution in [2.45, 2.75) is 0 Å². The molecule has 0 radical (unpaired) electrons. The summed E-state index contributed by atoms with van der Waals surface area (Å²) in [6, 6.07) is 5.29. The molecule has 1 atom stereocenters. The van der Waals surface area contributed by atoms with Crippen LogP contribution in [0.1, 0.15) is 0 Å². The molecule has 0 bridgehead atoms. The minimum atomic E-state index is -2.07. The number of ether oxygens (including phenoxy) is 2. The summed E-state index contributed by atoms with van der Waals surface area (Å²) in [6.45, 7) is 0. The van der Waals surface area contributed by atoms with E-state index in [0.29, 0.717) is 11.4 Å². The first kappa shape index (κ1) is 14.7. The molecule has 0 aliphatic heterocycles. The number of nitrogen functional groups attached to an aromatic ring is 1. The van der Waals surface area contributed by atoms with Crippen molar-refractivity contribution in [2.75, 3.05) is 27.0 Å². The van der Waals surface area contributed by atoms with Gasteiger partial charge in [0.15, 0.2) is 0 Å². The van der Waals surface area contributed by atoms with Crippen LogP contribution < -0.4 is 19.9 Å². The molecule has 0 saturated heterocycles. The van der Waals surface area contributed by atoms with Crippen molar-refractivity contribution < 1.29 is 18.2 Å². The van der Waals surface area contributed by atoms with Gasteiger partial charge in [-0.2, -0.15) is 0 Å². The number of hydrogen-bond acceptors (Lipinski definition) is 5. The molecular weight excluding hydrogens is 232 g/mol. The lowest BCUT2D eigenvalue weighted by Gasteiger charge is -2.05. The average molecular weight is 247 g/mol. The molecule has 1 unspecified atom stereocenters. The Bertz CT molecular complexity index is 346. The second kappa shape index (κ2) is 7.91.